The van der Waals surface area contributed by atoms with Crippen molar-refractivity contribution in [3.63, 3.8) is 0 Å². The Balaban J connectivity index is 2.83. The maximum atomic E-state index is 8.81. The van der Waals surface area contributed by atoms with E-state index >= 15 is 0 Å². The zero-order valence-electron chi connectivity index (χ0n) is 6.74. The molecule has 1 aromatic rings. The van der Waals surface area contributed by atoms with Gasteiger partial charge in [-0.1, -0.05) is 12.1 Å². The fraction of sp³-hybridized carbons (Fsp3) is 0.250. The van der Waals surface area contributed by atoms with Crippen molar-refractivity contribution in [3.8, 4) is 5.75 Å². The third-order valence-electron chi connectivity index (χ3n) is 1.26. The molecular formula is C8H10O2. The summed E-state index contributed by atoms with van der Waals surface area (Å²) in [7, 11) is 1.58. The number of ether oxygens (including phenoxy) is 1. The SMILES string of the molecule is [2H][C@H](O)c1ccc(OC)cc1. The summed E-state index contributed by atoms with van der Waals surface area (Å²) in [6, 6.07) is 6.76. The van der Waals surface area contributed by atoms with Crippen LogP contribution in [0, 0.1) is 0 Å². The molecule has 1 aromatic carbocycles. The maximum Gasteiger partial charge on any atom is 0.118 e. The molecule has 0 saturated carbocycles. The highest BCUT2D eigenvalue weighted by Crippen LogP contribution is 2.10. The second kappa shape index (κ2) is 3.22. The molecule has 1 atom stereocenters. The van der Waals surface area contributed by atoms with Gasteiger partial charge < -0.3 is 9.84 Å². The van der Waals surface area contributed by atoms with E-state index in [2.05, 4.69) is 0 Å². The van der Waals surface area contributed by atoms with Gasteiger partial charge in [-0.3, -0.25) is 0 Å². The molecule has 0 amide bonds. The number of methoxy groups -OCH3 is 1. The van der Waals surface area contributed by atoms with E-state index in [1.807, 2.05) is 0 Å². The molecule has 0 aromatic heterocycles. The minimum Gasteiger partial charge on any atom is -0.497 e. The van der Waals surface area contributed by atoms with Crippen molar-refractivity contribution in [2.45, 2.75) is 6.58 Å². The third-order valence-corrected chi connectivity index (χ3v) is 1.26. The number of aliphatic hydroxyl groups excluding tert-OH is 1. The first-order valence-corrected chi connectivity index (χ1v) is 2.98. The standard InChI is InChI=1S/C8H10O2/c1-10-8-4-2-7(6-9)3-5-8/h2-5,9H,6H2,1H3/i6D/t6-/m0/s1. The van der Waals surface area contributed by atoms with E-state index in [1.54, 1.807) is 31.4 Å². The Morgan fingerprint density at radius 1 is 1.50 bits per heavy atom. The quantitative estimate of drug-likeness (QED) is 0.666. The van der Waals surface area contributed by atoms with Gasteiger partial charge in [0.25, 0.3) is 0 Å². The zero-order valence-corrected chi connectivity index (χ0v) is 5.74. The van der Waals surface area contributed by atoms with Crippen LogP contribution in [0.4, 0.5) is 0 Å². The van der Waals surface area contributed by atoms with Gasteiger partial charge in [-0.25, -0.2) is 0 Å². The molecule has 54 valence electrons. The van der Waals surface area contributed by atoms with Crippen LogP contribution < -0.4 is 4.74 Å². The molecule has 0 fully saturated rings. The lowest BCUT2D eigenvalue weighted by Crippen LogP contribution is -1.84. The lowest BCUT2D eigenvalue weighted by molar-refractivity contribution is 0.281. The second-order valence-electron chi connectivity index (χ2n) is 1.90. The van der Waals surface area contributed by atoms with Gasteiger partial charge in [-0.05, 0) is 17.7 Å². The summed E-state index contributed by atoms with van der Waals surface area (Å²) < 4.78 is 11.9. The molecular weight excluding hydrogens is 128 g/mol. The molecule has 0 aliphatic rings. The van der Waals surface area contributed by atoms with Crippen LogP contribution in [0.5, 0.6) is 5.75 Å². The van der Waals surface area contributed by atoms with Gasteiger partial charge >= 0.3 is 0 Å². The number of rotatable bonds is 2. The van der Waals surface area contributed by atoms with Crippen molar-refractivity contribution in [2.75, 3.05) is 7.11 Å². The number of hydrogen-bond donors (Lipinski definition) is 1. The van der Waals surface area contributed by atoms with E-state index in [-0.39, 0.29) is 0 Å². The summed E-state index contributed by atoms with van der Waals surface area (Å²) in [5.74, 6) is 0.731. The van der Waals surface area contributed by atoms with Gasteiger partial charge in [-0.2, -0.15) is 0 Å². The van der Waals surface area contributed by atoms with Crippen LogP contribution >= 0.6 is 0 Å². The predicted molar refractivity (Wildman–Crippen MR) is 38.9 cm³/mol. The average Bonchev–Trinajstić information content (AvgIpc) is 2.05. The highest BCUT2D eigenvalue weighted by atomic mass is 16.5. The average molecular weight is 139 g/mol. The highest BCUT2D eigenvalue weighted by Gasteiger charge is 1.89. The van der Waals surface area contributed by atoms with Crippen LogP contribution in [0.15, 0.2) is 24.3 Å². The summed E-state index contributed by atoms with van der Waals surface area (Å²) >= 11 is 0. The number of aliphatic hydroxyl groups is 1. The Labute approximate surface area is 61.5 Å². The van der Waals surface area contributed by atoms with Gasteiger partial charge in [0.1, 0.15) is 5.75 Å². The first kappa shape index (κ1) is 5.74. The Morgan fingerprint density at radius 2 is 2.10 bits per heavy atom. The zero-order chi connectivity index (χ0) is 8.27. The molecule has 0 saturated heterocycles. The fourth-order valence-electron chi connectivity index (χ4n) is 0.690. The second-order valence-corrected chi connectivity index (χ2v) is 1.90. The molecule has 2 nitrogen and oxygen atoms in total. The van der Waals surface area contributed by atoms with Crippen molar-refractivity contribution in [1.82, 2.24) is 0 Å². The monoisotopic (exact) mass is 139 g/mol. The van der Waals surface area contributed by atoms with Crippen LogP contribution in [0.2, 0.25) is 0 Å². The molecule has 1 rings (SSSR count). The normalized spacial score (nSPS) is 14.0. The largest absolute Gasteiger partial charge is 0.497 e. The molecule has 0 unspecified atom stereocenters. The molecule has 0 spiro atoms. The van der Waals surface area contributed by atoms with Crippen LogP contribution in [0.1, 0.15) is 6.93 Å². The molecule has 0 radical (unpaired) electrons. The lowest BCUT2D eigenvalue weighted by atomic mass is 10.2. The lowest BCUT2D eigenvalue weighted by Gasteiger charge is -1.98. The minimum atomic E-state index is -1.15. The fourth-order valence-corrected chi connectivity index (χ4v) is 0.690. The van der Waals surface area contributed by atoms with E-state index in [1.165, 1.54) is 0 Å². The smallest absolute Gasteiger partial charge is 0.118 e. The van der Waals surface area contributed by atoms with Crippen LogP contribution in [-0.2, 0) is 6.58 Å². The molecule has 0 aliphatic carbocycles. The van der Waals surface area contributed by atoms with E-state index in [9.17, 15) is 0 Å². The van der Waals surface area contributed by atoms with Gasteiger partial charge in [0, 0.05) is 0 Å². The third kappa shape index (κ3) is 1.48. The Bertz CT molecular complexity index is 218. The Hall–Kier alpha value is -1.02. The van der Waals surface area contributed by atoms with E-state index < -0.39 is 6.58 Å². The van der Waals surface area contributed by atoms with Gasteiger partial charge in [-0.15, -0.1) is 0 Å². The van der Waals surface area contributed by atoms with Crippen molar-refractivity contribution in [3.05, 3.63) is 29.8 Å². The summed E-state index contributed by atoms with van der Waals surface area (Å²) in [6.07, 6.45) is 0. The maximum absolute atomic E-state index is 8.81. The van der Waals surface area contributed by atoms with E-state index in [0.717, 1.165) is 5.75 Å². The van der Waals surface area contributed by atoms with E-state index in [4.69, 9.17) is 11.2 Å². The van der Waals surface area contributed by atoms with Crippen LogP contribution in [0.3, 0.4) is 0 Å². The molecule has 0 aliphatic heterocycles. The van der Waals surface area contributed by atoms with Gasteiger partial charge in [0.05, 0.1) is 15.1 Å². The highest BCUT2D eigenvalue weighted by molar-refractivity contribution is 5.26. The molecule has 0 heterocycles. The summed E-state index contributed by atoms with van der Waals surface area (Å²) in [4.78, 5) is 0. The first-order valence-electron chi connectivity index (χ1n) is 3.56. The van der Waals surface area contributed by atoms with Crippen LogP contribution in [-0.4, -0.2) is 12.2 Å². The predicted octanol–water partition coefficient (Wildman–Crippen LogP) is 1.19. The van der Waals surface area contributed by atoms with Gasteiger partial charge in [0.15, 0.2) is 0 Å². The van der Waals surface area contributed by atoms with E-state index in [0.29, 0.717) is 5.56 Å². The Kier molecular flexibility index (Phi) is 1.85. The molecule has 2 heteroatoms. The van der Waals surface area contributed by atoms with Crippen molar-refractivity contribution < 1.29 is 11.2 Å². The first-order chi connectivity index (χ1) is 5.24. The van der Waals surface area contributed by atoms with Crippen molar-refractivity contribution >= 4 is 0 Å². The van der Waals surface area contributed by atoms with Crippen molar-refractivity contribution in [2.24, 2.45) is 0 Å². The van der Waals surface area contributed by atoms with Crippen LogP contribution in [0.25, 0.3) is 0 Å². The summed E-state index contributed by atoms with van der Waals surface area (Å²) in [5.41, 5.74) is 0.575. The van der Waals surface area contributed by atoms with Gasteiger partial charge in [0.2, 0.25) is 0 Å². The minimum absolute atomic E-state index is 0.575. The Morgan fingerprint density at radius 3 is 2.50 bits per heavy atom. The molecule has 1 N–H and O–H groups in total. The summed E-state index contributed by atoms with van der Waals surface area (Å²) in [5, 5.41) is 8.81. The molecule has 0 bridgehead atoms. The summed E-state index contributed by atoms with van der Waals surface area (Å²) in [6.45, 7) is -1.15. The number of hydrogen-bond acceptors (Lipinski definition) is 2. The number of benzene rings is 1. The topological polar surface area (TPSA) is 29.5 Å². The molecule has 10 heavy (non-hydrogen) atoms. The van der Waals surface area contributed by atoms with Crippen molar-refractivity contribution in [1.29, 1.82) is 0 Å².